The van der Waals surface area contributed by atoms with E-state index in [-0.39, 0.29) is 5.97 Å². The van der Waals surface area contributed by atoms with Crippen LogP contribution >= 0.6 is 0 Å². The van der Waals surface area contributed by atoms with Gasteiger partial charge in [-0.1, -0.05) is 37.3 Å². The third-order valence-electron chi connectivity index (χ3n) is 4.16. The van der Waals surface area contributed by atoms with E-state index in [1.54, 1.807) is 0 Å². The summed E-state index contributed by atoms with van der Waals surface area (Å²) in [5, 5.41) is 0. The molecule has 0 spiro atoms. The summed E-state index contributed by atoms with van der Waals surface area (Å²) in [7, 11) is 2.12. The second-order valence-corrected chi connectivity index (χ2v) is 5.45. The predicted octanol–water partition coefficient (Wildman–Crippen LogP) is 2.81. The highest BCUT2D eigenvalue weighted by molar-refractivity contribution is 5.67. The molecule has 0 N–H and O–H groups in total. The van der Waals surface area contributed by atoms with E-state index in [0.717, 1.165) is 31.5 Å². The predicted molar refractivity (Wildman–Crippen MR) is 75.8 cm³/mol. The molecule has 2 atom stereocenters. The minimum atomic E-state index is -0.474. The largest absolute Gasteiger partial charge is 0.454 e. The molecule has 1 aliphatic heterocycles. The molecule has 0 amide bonds. The zero-order valence-corrected chi connectivity index (χ0v) is 12.1. The van der Waals surface area contributed by atoms with E-state index in [2.05, 4.69) is 31.0 Å². The maximum Gasteiger partial charge on any atom is 0.303 e. The minimum Gasteiger partial charge on any atom is -0.454 e. The molecule has 3 nitrogen and oxygen atoms in total. The minimum absolute atomic E-state index is 0.194. The third kappa shape index (κ3) is 2.81. The van der Waals surface area contributed by atoms with Crippen LogP contribution in [-0.4, -0.2) is 31.0 Å². The zero-order valence-electron chi connectivity index (χ0n) is 12.1. The lowest BCUT2D eigenvalue weighted by Crippen LogP contribution is -2.40. The van der Waals surface area contributed by atoms with E-state index in [4.69, 9.17) is 4.74 Å². The first kappa shape index (κ1) is 14.1. The molecule has 19 heavy (non-hydrogen) atoms. The van der Waals surface area contributed by atoms with Gasteiger partial charge in [0.2, 0.25) is 0 Å². The lowest BCUT2D eigenvalue weighted by atomic mass is 9.78. The molecule has 104 valence electrons. The number of carbonyl (C=O) groups is 1. The highest BCUT2D eigenvalue weighted by atomic mass is 16.6. The fourth-order valence-corrected chi connectivity index (χ4v) is 3.24. The van der Waals surface area contributed by atoms with Gasteiger partial charge in [-0.05, 0) is 32.0 Å². The van der Waals surface area contributed by atoms with E-state index < -0.39 is 5.60 Å². The van der Waals surface area contributed by atoms with Gasteiger partial charge in [0.05, 0.1) is 0 Å². The first-order valence-corrected chi connectivity index (χ1v) is 7.02. The summed E-state index contributed by atoms with van der Waals surface area (Å²) in [4.78, 5) is 13.9. The summed E-state index contributed by atoms with van der Waals surface area (Å²) in [6, 6.07) is 10.2. The standard InChI is InChI=1S/C16H23NO2/c1-4-16(19-13(2)18,14-8-6-5-7-9-14)15-10-11-17(3)12-15/h5-9,15H,4,10-12H2,1-3H3/t15-,16-/m0/s1. The van der Waals surface area contributed by atoms with Crippen LogP contribution in [0.3, 0.4) is 0 Å². The maximum atomic E-state index is 11.6. The second kappa shape index (κ2) is 5.74. The third-order valence-corrected chi connectivity index (χ3v) is 4.16. The van der Waals surface area contributed by atoms with Crippen molar-refractivity contribution >= 4 is 5.97 Å². The van der Waals surface area contributed by atoms with Crippen LogP contribution in [-0.2, 0) is 15.1 Å². The molecule has 1 aromatic carbocycles. The lowest BCUT2D eigenvalue weighted by molar-refractivity contribution is -0.165. The van der Waals surface area contributed by atoms with Crippen LogP contribution in [0, 0.1) is 5.92 Å². The number of esters is 1. The van der Waals surface area contributed by atoms with Gasteiger partial charge in [-0.3, -0.25) is 4.79 Å². The maximum absolute atomic E-state index is 11.6. The first-order chi connectivity index (χ1) is 9.08. The molecule has 0 aliphatic carbocycles. The van der Waals surface area contributed by atoms with Crippen molar-refractivity contribution in [2.24, 2.45) is 5.92 Å². The number of ether oxygens (including phenoxy) is 1. The topological polar surface area (TPSA) is 29.5 Å². The Hall–Kier alpha value is -1.35. The van der Waals surface area contributed by atoms with Gasteiger partial charge in [0, 0.05) is 19.4 Å². The van der Waals surface area contributed by atoms with Gasteiger partial charge < -0.3 is 9.64 Å². The van der Waals surface area contributed by atoms with Crippen molar-refractivity contribution in [2.45, 2.75) is 32.3 Å². The number of carbonyl (C=O) groups excluding carboxylic acids is 1. The van der Waals surface area contributed by atoms with Crippen LogP contribution in [0.2, 0.25) is 0 Å². The Balaban J connectivity index is 2.39. The van der Waals surface area contributed by atoms with Crippen molar-refractivity contribution < 1.29 is 9.53 Å². The number of hydrogen-bond donors (Lipinski definition) is 0. The van der Waals surface area contributed by atoms with E-state index in [1.165, 1.54) is 6.92 Å². The number of hydrogen-bond acceptors (Lipinski definition) is 3. The highest BCUT2D eigenvalue weighted by Gasteiger charge is 2.44. The summed E-state index contributed by atoms with van der Waals surface area (Å²) in [6.45, 7) is 5.66. The van der Waals surface area contributed by atoms with Gasteiger partial charge in [-0.2, -0.15) is 0 Å². The average molecular weight is 261 g/mol. The van der Waals surface area contributed by atoms with Crippen molar-refractivity contribution in [1.29, 1.82) is 0 Å². The van der Waals surface area contributed by atoms with Crippen LogP contribution in [0.1, 0.15) is 32.3 Å². The summed E-state index contributed by atoms with van der Waals surface area (Å²) < 4.78 is 5.84. The Bertz CT molecular complexity index is 432. The van der Waals surface area contributed by atoms with Crippen molar-refractivity contribution in [3.05, 3.63) is 35.9 Å². The molecule has 1 fully saturated rings. The smallest absolute Gasteiger partial charge is 0.303 e. The molecule has 3 heteroatoms. The molecule has 2 rings (SSSR count). The summed E-state index contributed by atoms with van der Waals surface area (Å²) in [5.41, 5.74) is 0.644. The number of rotatable bonds is 4. The van der Waals surface area contributed by atoms with Gasteiger partial charge in [0.1, 0.15) is 5.60 Å². The van der Waals surface area contributed by atoms with E-state index in [1.807, 2.05) is 18.2 Å². The van der Waals surface area contributed by atoms with Crippen molar-refractivity contribution in [1.82, 2.24) is 4.90 Å². The van der Waals surface area contributed by atoms with Gasteiger partial charge >= 0.3 is 5.97 Å². The number of likely N-dealkylation sites (tertiary alicyclic amines) is 1. The van der Waals surface area contributed by atoms with Gasteiger partial charge in [0.25, 0.3) is 0 Å². The SMILES string of the molecule is CC[C@](OC(C)=O)(c1ccccc1)[C@H]1CCN(C)C1. The van der Waals surface area contributed by atoms with Crippen LogP contribution in [0.15, 0.2) is 30.3 Å². The molecule has 1 heterocycles. The molecule has 1 aromatic rings. The first-order valence-electron chi connectivity index (χ1n) is 7.02. The number of nitrogens with zero attached hydrogens (tertiary/aromatic N) is 1. The fraction of sp³-hybridized carbons (Fsp3) is 0.562. The molecule has 1 saturated heterocycles. The molecule has 0 aromatic heterocycles. The Morgan fingerprint density at radius 2 is 2.11 bits per heavy atom. The molecule has 0 unspecified atom stereocenters. The summed E-state index contributed by atoms with van der Waals surface area (Å²) >= 11 is 0. The summed E-state index contributed by atoms with van der Waals surface area (Å²) in [5.74, 6) is 0.175. The van der Waals surface area contributed by atoms with E-state index in [9.17, 15) is 4.79 Å². The van der Waals surface area contributed by atoms with Crippen LogP contribution in [0.5, 0.6) is 0 Å². The van der Waals surface area contributed by atoms with Gasteiger partial charge in [-0.15, -0.1) is 0 Å². The van der Waals surface area contributed by atoms with Crippen LogP contribution in [0.25, 0.3) is 0 Å². The van der Waals surface area contributed by atoms with E-state index >= 15 is 0 Å². The van der Waals surface area contributed by atoms with Gasteiger partial charge in [0.15, 0.2) is 0 Å². The Morgan fingerprint density at radius 1 is 1.42 bits per heavy atom. The van der Waals surface area contributed by atoms with Gasteiger partial charge in [-0.25, -0.2) is 0 Å². The molecule has 1 aliphatic rings. The van der Waals surface area contributed by atoms with Crippen molar-refractivity contribution in [3.8, 4) is 0 Å². The Labute approximate surface area is 115 Å². The van der Waals surface area contributed by atoms with E-state index in [0.29, 0.717) is 5.92 Å². The average Bonchev–Trinajstić information content (AvgIpc) is 2.84. The van der Waals surface area contributed by atoms with Crippen LogP contribution < -0.4 is 0 Å². The zero-order chi connectivity index (χ0) is 13.9. The molecular weight excluding hydrogens is 238 g/mol. The highest BCUT2D eigenvalue weighted by Crippen LogP contribution is 2.41. The molecule has 0 radical (unpaired) electrons. The molecule has 0 saturated carbocycles. The molecular formula is C16H23NO2. The van der Waals surface area contributed by atoms with Crippen molar-refractivity contribution in [3.63, 3.8) is 0 Å². The second-order valence-electron chi connectivity index (χ2n) is 5.45. The molecule has 0 bridgehead atoms. The van der Waals surface area contributed by atoms with Crippen molar-refractivity contribution in [2.75, 3.05) is 20.1 Å². The normalized spacial score (nSPS) is 23.0. The lowest BCUT2D eigenvalue weighted by Gasteiger charge is -2.38. The van der Waals surface area contributed by atoms with Crippen LogP contribution in [0.4, 0.5) is 0 Å². The number of benzene rings is 1. The quantitative estimate of drug-likeness (QED) is 0.781. The summed E-state index contributed by atoms with van der Waals surface area (Å²) in [6.07, 6.45) is 1.89. The monoisotopic (exact) mass is 261 g/mol. The Kier molecular flexibility index (Phi) is 4.25. The Morgan fingerprint density at radius 3 is 2.58 bits per heavy atom. The fourth-order valence-electron chi connectivity index (χ4n) is 3.24.